The third-order valence-electron chi connectivity index (χ3n) is 3.13. The molecule has 0 atom stereocenters. The number of carbonyl (C=O) groups is 1. The Labute approximate surface area is 137 Å². The van der Waals surface area contributed by atoms with Crippen molar-refractivity contribution in [1.29, 1.82) is 0 Å². The lowest BCUT2D eigenvalue weighted by Gasteiger charge is -2.03. The molecular weight excluding hydrogens is 312 g/mol. The molecule has 118 valence electrons. The van der Waals surface area contributed by atoms with Gasteiger partial charge in [0.15, 0.2) is 10.8 Å². The first kappa shape index (κ1) is 15.2. The number of hydrogen-bond acceptors (Lipinski definition) is 5. The highest BCUT2D eigenvalue weighted by atomic mass is 32.1. The summed E-state index contributed by atoms with van der Waals surface area (Å²) >= 11 is 1.38. The van der Waals surface area contributed by atoms with Crippen LogP contribution in [0.25, 0.3) is 11.3 Å². The largest absolute Gasteiger partial charge is 0.494 e. The number of amides is 1. The summed E-state index contributed by atoms with van der Waals surface area (Å²) in [5.41, 5.74) is 2.16. The molecule has 0 bridgehead atoms. The van der Waals surface area contributed by atoms with Crippen LogP contribution in [0.5, 0.6) is 5.75 Å². The molecule has 0 fully saturated rings. The Balaban J connectivity index is 1.71. The lowest BCUT2D eigenvalue weighted by atomic mass is 10.2. The molecule has 23 heavy (non-hydrogen) atoms. The fraction of sp³-hybridized carbons (Fsp3) is 0.188. The van der Waals surface area contributed by atoms with Crippen molar-refractivity contribution in [3.05, 3.63) is 47.6 Å². The molecule has 0 aliphatic carbocycles. The summed E-state index contributed by atoms with van der Waals surface area (Å²) in [6.07, 6.45) is 1.72. The highest BCUT2D eigenvalue weighted by Crippen LogP contribution is 2.26. The number of hydrogen-bond donors (Lipinski definition) is 1. The summed E-state index contributed by atoms with van der Waals surface area (Å²) in [6, 6.07) is 9.37. The van der Waals surface area contributed by atoms with E-state index in [1.165, 1.54) is 11.3 Å². The number of nitrogens with one attached hydrogen (secondary N) is 1. The van der Waals surface area contributed by atoms with Crippen molar-refractivity contribution in [2.45, 2.75) is 6.92 Å². The summed E-state index contributed by atoms with van der Waals surface area (Å²) < 4.78 is 7.01. The Morgan fingerprint density at radius 1 is 1.30 bits per heavy atom. The van der Waals surface area contributed by atoms with Gasteiger partial charge in [0.05, 0.1) is 12.3 Å². The zero-order chi connectivity index (χ0) is 16.2. The van der Waals surface area contributed by atoms with Gasteiger partial charge in [-0.15, -0.1) is 11.3 Å². The van der Waals surface area contributed by atoms with Crippen LogP contribution in [0.3, 0.4) is 0 Å². The summed E-state index contributed by atoms with van der Waals surface area (Å²) in [7, 11) is 1.77. The Morgan fingerprint density at radius 3 is 2.74 bits per heavy atom. The molecule has 0 unspecified atom stereocenters. The first-order valence-electron chi connectivity index (χ1n) is 7.15. The van der Waals surface area contributed by atoms with E-state index >= 15 is 0 Å². The van der Waals surface area contributed by atoms with Crippen LogP contribution in [0.1, 0.15) is 17.4 Å². The molecule has 2 heterocycles. The zero-order valence-electron chi connectivity index (χ0n) is 12.8. The highest BCUT2D eigenvalue weighted by molar-refractivity contribution is 7.14. The van der Waals surface area contributed by atoms with E-state index < -0.39 is 0 Å². The quantitative estimate of drug-likeness (QED) is 0.781. The number of thiazole rings is 1. The molecule has 0 aliphatic heterocycles. The predicted molar refractivity (Wildman–Crippen MR) is 89.9 cm³/mol. The summed E-state index contributed by atoms with van der Waals surface area (Å²) in [5.74, 6) is 0.563. The summed E-state index contributed by atoms with van der Waals surface area (Å²) in [5, 5.41) is 9.28. The van der Waals surface area contributed by atoms with Crippen molar-refractivity contribution in [2.24, 2.45) is 7.05 Å². The fourth-order valence-electron chi connectivity index (χ4n) is 2.05. The maximum absolute atomic E-state index is 12.1. The maximum atomic E-state index is 12.1. The zero-order valence-corrected chi connectivity index (χ0v) is 13.6. The van der Waals surface area contributed by atoms with E-state index in [1.54, 1.807) is 24.0 Å². The monoisotopic (exact) mass is 328 g/mol. The van der Waals surface area contributed by atoms with Crippen LogP contribution in [0.2, 0.25) is 0 Å². The van der Waals surface area contributed by atoms with Gasteiger partial charge >= 0.3 is 0 Å². The Morgan fingerprint density at radius 2 is 2.09 bits per heavy atom. The molecule has 1 aromatic carbocycles. The normalized spacial score (nSPS) is 10.5. The number of aryl methyl sites for hydroxylation is 1. The van der Waals surface area contributed by atoms with Gasteiger partial charge in [-0.25, -0.2) is 4.98 Å². The molecule has 1 amide bonds. The van der Waals surface area contributed by atoms with Crippen LogP contribution in [0.15, 0.2) is 41.9 Å². The average Bonchev–Trinajstić information content (AvgIpc) is 3.18. The number of aromatic nitrogens is 3. The molecule has 3 aromatic rings. The lowest BCUT2D eigenvalue weighted by molar-refractivity contribution is 0.102. The van der Waals surface area contributed by atoms with Gasteiger partial charge in [-0.05, 0) is 37.3 Å². The van der Waals surface area contributed by atoms with E-state index in [9.17, 15) is 4.79 Å². The van der Waals surface area contributed by atoms with Gasteiger partial charge in [0.1, 0.15) is 5.75 Å². The molecule has 0 aliphatic rings. The smallest absolute Gasteiger partial charge is 0.277 e. The molecule has 0 saturated carbocycles. The summed E-state index contributed by atoms with van der Waals surface area (Å²) in [4.78, 5) is 16.5. The van der Waals surface area contributed by atoms with Crippen LogP contribution in [-0.4, -0.2) is 27.3 Å². The van der Waals surface area contributed by atoms with Crippen LogP contribution in [-0.2, 0) is 7.05 Å². The summed E-state index contributed by atoms with van der Waals surface area (Å²) in [6.45, 7) is 2.59. The van der Waals surface area contributed by atoms with Crippen LogP contribution in [0, 0.1) is 0 Å². The van der Waals surface area contributed by atoms with Crippen LogP contribution in [0.4, 0.5) is 5.13 Å². The third kappa shape index (κ3) is 3.57. The number of benzene rings is 1. The molecule has 0 spiro atoms. The van der Waals surface area contributed by atoms with Gasteiger partial charge in [0.25, 0.3) is 5.91 Å². The van der Waals surface area contributed by atoms with E-state index in [4.69, 9.17) is 4.74 Å². The van der Waals surface area contributed by atoms with Crippen molar-refractivity contribution >= 4 is 22.4 Å². The molecular formula is C16H16N4O2S. The minimum atomic E-state index is -0.266. The Hall–Kier alpha value is -2.67. The molecule has 2 aromatic heterocycles. The van der Waals surface area contributed by atoms with Gasteiger partial charge < -0.3 is 4.74 Å². The molecule has 3 rings (SSSR count). The van der Waals surface area contributed by atoms with Crippen molar-refractivity contribution < 1.29 is 9.53 Å². The highest BCUT2D eigenvalue weighted by Gasteiger charge is 2.12. The minimum Gasteiger partial charge on any atom is -0.494 e. The van der Waals surface area contributed by atoms with Crippen LogP contribution < -0.4 is 10.1 Å². The number of ether oxygens (including phenoxy) is 1. The average molecular weight is 328 g/mol. The topological polar surface area (TPSA) is 69.0 Å². The second-order valence-corrected chi connectivity index (χ2v) is 5.68. The van der Waals surface area contributed by atoms with Gasteiger partial charge in [-0.1, -0.05) is 0 Å². The number of nitrogens with zero attached hydrogens (tertiary/aromatic N) is 3. The first-order valence-corrected chi connectivity index (χ1v) is 8.03. The van der Waals surface area contributed by atoms with Gasteiger partial charge in [0, 0.05) is 24.2 Å². The van der Waals surface area contributed by atoms with E-state index in [-0.39, 0.29) is 5.91 Å². The molecule has 7 heteroatoms. The van der Waals surface area contributed by atoms with E-state index in [2.05, 4.69) is 15.4 Å². The van der Waals surface area contributed by atoms with Gasteiger partial charge in [-0.3, -0.25) is 14.8 Å². The van der Waals surface area contributed by atoms with Crippen molar-refractivity contribution in [2.75, 3.05) is 11.9 Å². The third-order valence-corrected chi connectivity index (χ3v) is 3.89. The Bertz CT molecular complexity index is 808. The molecule has 1 N–H and O–H groups in total. The van der Waals surface area contributed by atoms with Crippen molar-refractivity contribution in [1.82, 2.24) is 14.8 Å². The maximum Gasteiger partial charge on any atom is 0.277 e. The molecule has 0 radical (unpaired) electrons. The lowest BCUT2D eigenvalue weighted by Crippen LogP contribution is -2.12. The van der Waals surface area contributed by atoms with Crippen molar-refractivity contribution in [3.8, 4) is 17.0 Å². The number of anilines is 1. The van der Waals surface area contributed by atoms with Crippen LogP contribution >= 0.6 is 11.3 Å². The fourth-order valence-corrected chi connectivity index (χ4v) is 2.76. The minimum absolute atomic E-state index is 0.266. The SMILES string of the molecule is CCOc1ccc(-c2csc(NC(=O)c3ccn(C)n3)n2)cc1. The van der Waals surface area contributed by atoms with Gasteiger partial charge in [-0.2, -0.15) is 5.10 Å². The standard InChI is InChI=1S/C16H16N4O2S/c1-3-22-12-6-4-11(5-7-12)14-10-23-16(17-14)18-15(21)13-8-9-20(2)19-13/h4-10H,3H2,1-2H3,(H,17,18,21). The van der Waals surface area contributed by atoms with E-state index in [1.807, 2.05) is 36.6 Å². The van der Waals surface area contributed by atoms with E-state index in [0.717, 1.165) is 17.0 Å². The second-order valence-electron chi connectivity index (χ2n) is 4.82. The first-order chi connectivity index (χ1) is 11.2. The predicted octanol–water partition coefficient (Wildman–Crippen LogP) is 3.19. The molecule has 6 nitrogen and oxygen atoms in total. The Kier molecular flexibility index (Phi) is 4.38. The number of carbonyl (C=O) groups excluding carboxylic acids is 1. The van der Waals surface area contributed by atoms with Gasteiger partial charge in [0.2, 0.25) is 0 Å². The van der Waals surface area contributed by atoms with E-state index in [0.29, 0.717) is 17.4 Å². The van der Waals surface area contributed by atoms with Crippen molar-refractivity contribution in [3.63, 3.8) is 0 Å². The molecule has 0 saturated heterocycles. The second kappa shape index (κ2) is 6.62. The number of rotatable bonds is 5.